The van der Waals surface area contributed by atoms with E-state index in [-0.39, 0.29) is 32.3 Å². The molecule has 0 saturated carbocycles. The number of amides is 1. The second-order valence-corrected chi connectivity index (χ2v) is 13.0. The number of methoxy groups -OCH3 is 1. The van der Waals surface area contributed by atoms with Crippen LogP contribution in [-0.2, 0) is 26.4 Å². The van der Waals surface area contributed by atoms with Gasteiger partial charge < -0.3 is 49.8 Å². The van der Waals surface area contributed by atoms with E-state index in [1.807, 2.05) is 30.3 Å². The number of carbonyl (C=O) groups excluding carboxylic acids is 1. The van der Waals surface area contributed by atoms with Crippen molar-refractivity contribution in [3.05, 3.63) is 111 Å². The van der Waals surface area contributed by atoms with E-state index in [1.54, 1.807) is 49.6 Å². The van der Waals surface area contributed by atoms with Crippen LogP contribution in [0.4, 0.5) is 5.69 Å². The molecule has 4 aromatic carbocycles. The van der Waals surface area contributed by atoms with Crippen LogP contribution in [0.3, 0.4) is 0 Å². The zero-order chi connectivity index (χ0) is 37.3. The predicted octanol–water partition coefficient (Wildman–Crippen LogP) is 6.51. The number of fused-ring (bicyclic) bond motifs is 1. The van der Waals surface area contributed by atoms with Gasteiger partial charge in [0.1, 0.15) is 17.6 Å². The van der Waals surface area contributed by atoms with Crippen LogP contribution in [0.5, 0.6) is 17.2 Å². The highest BCUT2D eigenvalue weighted by Crippen LogP contribution is 2.36. The first-order valence-corrected chi connectivity index (χ1v) is 17.7. The Morgan fingerprint density at radius 3 is 2.09 bits per heavy atom. The van der Waals surface area contributed by atoms with Gasteiger partial charge in [-0.2, -0.15) is 0 Å². The summed E-state index contributed by atoms with van der Waals surface area (Å²) in [5.41, 5.74) is 6.02. The maximum Gasteiger partial charge on any atom is 0.255 e. The molecule has 1 atom stereocenters. The molecule has 0 fully saturated rings. The van der Waals surface area contributed by atoms with Gasteiger partial charge in [-0.15, -0.1) is 0 Å². The Morgan fingerprint density at radius 1 is 0.717 bits per heavy atom. The normalized spacial score (nSPS) is 13.6. The fourth-order valence-electron chi connectivity index (χ4n) is 6.28. The number of aliphatic hydroxyl groups is 4. The van der Waals surface area contributed by atoms with Gasteiger partial charge in [0.2, 0.25) is 0 Å². The Hall–Kier alpha value is -5.11. The molecule has 1 aromatic heterocycles. The number of rotatable bonds is 17. The van der Waals surface area contributed by atoms with E-state index >= 15 is 0 Å². The topological polar surface area (TPSA) is 176 Å². The van der Waals surface area contributed by atoms with Gasteiger partial charge in [0.25, 0.3) is 5.91 Å². The average molecular weight is 744 g/mol. The van der Waals surface area contributed by atoms with Crippen molar-refractivity contribution >= 4 is 23.2 Å². The van der Waals surface area contributed by atoms with Crippen molar-refractivity contribution in [3.8, 4) is 39.8 Å². The van der Waals surface area contributed by atoms with Crippen molar-refractivity contribution in [2.24, 2.45) is 0 Å². The quantitative estimate of drug-likeness (QED) is 0.0573. The van der Waals surface area contributed by atoms with Gasteiger partial charge in [0.15, 0.2) is 17.3 Å². The number of halogens is 1. The third-order valence-corrected chi connectivity index (χ3v) is 9.37. The molecule has 53 heavy (non-hydrogen) atoms. The van der Waals surface area contributed by atoms with Crippen LogP contribution >= 0.6 is 11.6 Å². The number of unbranched alkanes of at least 4 members (excludes halogenated alkanes) is 3. The molecule has 6 rings (SSSR count). The van der Waals surface area contributed by atoms with Gasteiger partial charge in [-0.3, -0.25) is 4.79 Å². The molecule has 278 valence electrons. The number of nitrogens with one attached hydrogen (secondary N) is 2. The minimum atomic E-state index is -0.458. The lowest BCUT2D eigenvalue weighted by atomic mass is 9.97. The highest BCUT2D eigenvalue weighted by Gasteiger charge is 2.25. The Labute approximate surface area is 311 Å². The van der Waals surface area contributed by atoms with Crippen LogP contribution in [0.25, 0.3) is 22.6 Å². The summed E-state index contributed by atoms with van der Waals surface area (Å²) >= 11 is 6.05. The summed E-state index contributed by atoms with van der Waals surface area (Å²) in [5, 5.41) is 50.2. The molecule has 0 radical (unpaired) electrons. The van der Waals surface area contributed by atoms with E-state index in [0.29, 0.717) is 86.0 Å². The molecule has 12 nitrogen and oxygen atoms in total. The SMILES string of the molecule is COc1ccc(-c2cc(-c3cc(CO)c(CO)c(CO)c3)no2)cc1OCCCCCCOc1ccc(C2NC(=O)c3cc(Cl)ccc3N2)cc1CO. The molecule has 2 heterocycles. The number of hydrogen-bond acceptors (Lipinski definition) is 11. The van der Waals surface area contributed by atoms with Crippen molar-refractivity contribution in [1.29, 1.82) is 0 Å². The van der Waals surface area contributed by atoms with E-state index in [2.05, 4.69) is 15.8 Å². The molecule has 6 N–H and O–H groups in total. The molecule has 1 unspecified atom stereocenters. The second kappa shape index (κ2) is 17.6. The first kappa shape index (κ1) is 37.6. The third kappa shape index (κ3) is 8.75. The van der Waals surface area contributed by atoms with Gasteiger partial charge in [-0.25, -0.2) is 0 Å². The van der Waals surface area contributed by atoms with Crippen LogP contribution in [0.2, 0.25) is 5.02 Å². The summed E-state index contributed by atoms with van der Waals surface area (Å²) in [6, 6.07) is 21.3. The Kier molecular flexibility index (Phi) is 12.5. The lowest BCUT2D eigenvalue weighted by molar-refractivity contribution is 0.0935. The Balaban J connectivity index is 0.975. The first-order valence-electron chi connectivity index (χ1n) is 17.3. The van der Waals surface area contributed by atoms with Crippen LogP contribution in [0.15, 0.2) is 77.3 Å². The highest BCUT2D eigenvalue weighted by atomic mass is 35.5. The number of benzene rings is 4. The lowest BCUT2D eigenvalue weighted by Gasteiger charge is -2.28. The summed E-state index contributed by atoms with van der Waals surface area (Å²) in [6.45, 7) is -0.103. The van der Waals surface area contributed by atoms with E-state index in [4.69, 9.17) is 30.3 Å². The van der Waals surface area contributed by atoms with E-state index in [0.717, 1.165) is 36.8 Å². The van der Waals surface area contributed by atoms with Crippen molar-refractivity contribution in [2.75, 3.05) is 25.6 Å². The fraction of sp³-hybridized carbons (Fsp3) is 0.300. The van der Waals surface area contributed by atoms with Gasteiger partial charge in [0, 0.05) is 33.5 Å². The van der Waals surface area contributed by atoms with Crippen LogP contribution in [0.1, 0.15) is 70.0 Å². The Bertz CT molecular complexity index is 2030. The number of aromatic nitrogens is 1. The summed E-state index contributed by atoms with van der Waals surface area (Å²) < 4.78 is 23.3. The van der Waals surface area contributed by atoms with Crippen molar-refractivity contribution in [3.63, 3.8) is 0 Å². The summed E-state index contributed by atoms with van der Waals surface area (Å²) in [7, 11) is 1.58. The van der Waals surface area contributed by atoms with Crippen LogP contribution in [-0.4, -0.2) is 51.8 Å². The molecule has 0 spiro atoms. The van der Waals surface area contributed by atoms with Gasteiger partial charge >= 0.3 is 0 Å². The molecule has 13 heteroatoms. The van der Waals surface area contributed by atoms with E-state index in [1.165, 1.54) is 0 Å². The van der Waals surface area contributed by atoms with E-state index in [9.17, 15) is 25.2 Å². The molecular formula is C40H42ClN3O9. The zero-order valence-corrected chi connectivity index (χ0v) is 30.0. The molecule has 1 amide bonds. The largest absolute Gasteiger partial charge is 0.493 e. The molecule has 5 aromatic rings. The van der Waals surface area contributed by atoms with Gasteiger partial charge in [0.05, 0.1) is 52.3 Å². The average Bonchev–Trinajstić information content (AvgIpc) is 3.69. The minimum absolute atomic E-state index is 0.203. The second-order valence-electron chi connectivity index (χ2n) is 12.6. The highest BCUT2D eigenvalue weighted by molar-refractivity contribution is 6.31. The number of aliphatic hydroxyl groups excluding tert-OH is 4. The maximum absolute atomic E-state index is 12.6. The minimum Gasteiger partial charge on any atom is -0.493 e. The summed E-state index contributed by atoms with van der Waals surface area (Å²) in [5.74, 6) is 2.03. The Morgan fingerprint density at radius 2 is 1.42 bits per heavy atom. The predicted molar refractivity (Wildman–Crippen MR) is 199 cm³/mol. The van der Waals surface area contributed by atoms with Crippen LogP contribution < -0.4 is 24.8 Å². The molecule has 0 saturated heterocycles. The van der Waals surface area contributed by atoms with E-state index < -0.39 is 6.17 Å². The summed E-state index contributed by atoms with van der Waals surface area (Å²) in [4.78, 5) is 12.6. The smallest absolute Gasteiger partial charge is 0.255 e. The monoisotopic (exact) mass is 743 g/mol. The molecule has 1 aliphatic rings. The van der Waals surface area contributed by atoms with Crippen molar-refractivity contribution in [1.82, 2.24) is 10.5 Å². The number of hydrogen-bond donors (Lipinski definition) is 6. The van der Waals surface area contributed by atoms with Crippen molar-refractivity contribution in [2.45, 2.75) is 58.3 Å². The molecule has 1 aliphatic heterocycles. The molecule has 0 aliphatic carbocycles. The molecular weight excluding hydrogens is 702 g/mol. The number of anilines is 1. The van der Waals surface area contributed by atoms with Gasteiger partial charge in [-0.05, 0) is 109 Å². The van der Waals surface area contributed by atoms with Gasteiger partial charge in [-0.1, -0.05) is 22.8 Å². The lowest BCUT2D eigenvalue weighted by Crippen LogP contribution is -2.38. The first-order chi connectivity index (χ1) is 25.8. The maximum atomic E-state index is 12.6. The standard InChI is InChI=1S/C40H42ClN3O9/c1-50-36-11-6-24(37-19-34(44-53-37)26-15-27(20-45)32(23-48)28(16-26)21-46)17-38(36)52-13-5-3-2-4-12-51-35-10-7-25(14-29(35)22-47)39-42-33-9-8-30(41)18-31(33)40(49)43-39/h6-11,14-19,39,42,45-48H,2-5,12-13,20-23H2,1H3,(H,43,49). The fourth-order valence-corrected chi connectivity index (χ4v) is 6.46. The van der Waals surface area contributed by atoms with Crippen LogP contribution in [0, 0.1) is 0 Å². The summed E-state index contributed by atoms with van der Waals surface area (Å²) in [6.07, 6.45) is 3.02. The third-order valence-electron chi connectivity index (χ3n) is 9.13. The zero-order valence-electron chi connectivity index (χ0n) is 29.2. The number of ether oxygens (including phenoxy) is 3. The number of nitrogens with zero attached hydrogens (tertiary/aromatic N) is 1. The van der Waals surface area contributed by atoms with Crippen molar-refractivity contribution < 1.29 is 44.0 Å². The molecule has 0 bridgehead atoms. The number of carbonyl (C=O) groups is 1.